The molecule has 2 aliphatic carbocycles. The molecular weight excluding hydrogens is 699 g/mol. The monoisotopic (exact) mass is 746 g/mol. The second-order valence-electron chi connectivity index (χ2n) is 14.8. The van der Waals surface area contributed by atoms with Crippen LogP contribution in [0.25, 0.3) is 34.7 Å². The Balaban J connectivity index is 0.00000240. The number of hydrogen-bond acceptors (Lipinski definition) is 2. The Morgan fingerprint density at radius 2 is 1.04 bits per heavy atom. The molecule has 2 atom stereocenters. The van der Waals surface area contributed by atoms with Gasteiger partial charge in [-0.05, 0) is 0 Å². The standard InChI is InChI=1S/2C19H20N.2CH3.2ClH.H2Si.Zr/c2*1-4-14-9-16-11-15(13(2)3)12-18(17(16)10-14)19-7-5-6-8-20-19;;;;;;/h2*5-13H,4H2,1-3H3;2*1H3;2*1H;1H2;. The van der Waals surface area contributed by atoms with Crippen molar-refractivity contribution in [3.8, 4) is 22.5 Å². The van der Waals surface area contributed by atoms with Crippen LogP contribution in [0, 0.1) is 0 Å². The number of pyridine rings is 2. The Morgan fingerprint density at radius 3 is 1.35 bits per heavy atom. The average Bonchev–Trinajstić information content (AvgIpc) is 3.60. The first-order valence-electron chi connectivity index (χ1n) is 16.6. The van der Waals surface area contributed by atoms with Crippen LogP contribution >= 0.6 is 24.8 Å². The van der Waals surface area contributed by atoms with E-state index in [4.69, 9.17) is 9.97 Å². The van der Waals surface area contributed by atoms with Crippen molar-refractivity contribution in [1.82, 2.24) is 9.97 Å². The van der Waals surface area contributed by atoms with Crippen LogP contribution in [-0.2, 0) is 17.4 Å². The van der Waals surface area contributed by atoms with Gasteiger partial charge in [0.05, 0.1) is 0 Å². The second kappa shape index (κ2) is 13.8. The molecule has 6 heteroatoms. The molecule has 4 aromatic rings. The van der Waals surface area contributed by atoms with Crippen molar-refractivity contribution in [2.24, 2.45) is 0 Å². The Bertz CT molecular complexity index is 1740. The van der Waals surface area contributed by atoms with Crippen LogP contribution < -0.4 is 0 Å². The summed E-state index contributed by atoms with van der Waals surface area (Å²) in [5.74, 6) is 0.908. The molecule has 0 amide bonds. The predicted molar refractivity (Wildman–Crippen MR) is 204 cm³/mol. The zero-order chi connectivity index (χ0) is 31.4. The summed E-state index contributed by atoms with van der Waals surface area (Å²) in [7, 11) is 0. The molecule has 2 aliphatic rings. The van der Waals surface area contributed by atoms with Crippen LogP contribution in [0.2, 0.25) is 9.26 Å². The van der Waals surface area contributed by atoms with Gasteiger partial charge in [0.2, 0.25) is 0 Å². The van der Waals surface area contributed by atoms with Gasteiger partial charge < -0.3 is 0 Å². The average molecular weight is 749 g/mol. The van der Waals surface area contributed by atoms with Crippen LogP contribution in [0.1, 0.15) is 107 Å². The summed E-state index contributed by atoms with van der Waals surface area (Å²) in [4.78, 5) is 9.71. The molecule has 46 heavy (non-hydrogen) atoms. The molecule has 0 fully saturated rings. The number of fused-ring (bicyclic) bond motifs is 2. The van der Waals surface area contributed by atoms with E-state index in [0.717, 1.165) is 24.2 Å². The first kappa shape index (κ1) is 36.7. The van der Waals surface area contributed by atoms with Gasteiger partial charge in [-0.25, -0.2) is 0 Å². The van der Waals surface area contributed by atoms with Crippen molar-refractivity contribution < 1.29 is 17.4 Å². The minimum atomic E-state index is -3.76. The molecule has 0 saturated carbocycles. The van der Waals surface area contributed by atoms with Gasteiger partial charge in [0.1, 0.15) is 0 Å². The Morgan fingerprint density at radius 1 is 0.652 bits per heavy atom. The summed E-state index contributed by atoms with van der Waals surface area (Å²) in [5, 5.41) is 0. The van der Waals surface area contributed by atoms with Crippen molar-refractivity contribution in [2.75, 3.05) is 0 Å². The predicted octanol–water partition coefficient (Wildman–Crippen LogP) is 11.6. The maximum absolute atomic E-state index is 4.85. The van der Waals surface area contributed by atoms with Crippen LogP contribution in [-0.4, -0.2) is 16.8 Å². The van der Waals surface area contributed by atoms with E-state index in [2.05, 4.69) is 118 Å². The summed E-state index contributed by atoms with van der Waals surface area (Å²) in [6.07, 6.45) is 11.2. The fourth-order valence-corrected chi connectivity index (χ4v) is 28.4. The number of rotatable bonds is 8. The van der Waals surface area contributed by atoms with Crippen molar-refractivity contribution in [3.05, 3.63) is 118 Å². The zero-order valence-corrected chi connectivity index (χ0v) is 34.2. The molecule has 0 aliphatic heterocycles. The van der Waals surface area contributed by atoms with Gasteiger partial charge in [0.25, 0.3) is 0 Å². The zero-order valence-electron chi connectivity index (χ0n) is 28.7. The fraction of sp³-hybridized carbons (Fsp3) is 0.350. The van der Waals surface area contributed by atoms with E-state index in [1.807, 2.05) is 24.5 Å². The van der Waals surface area contributed by atoms with Gasteiger partial charge >= 0.3 is 269 Å². The van der Waals surface area contributed by atoms with Crippen molar-refractivity contribution >= 4 is 43.8 Å². The number of nitrogens with zero attached hydrogens (tertiary/aromatic N) is 2. The Hall–Kier alpha value is -2.10. The molecule has 0 radical (unpaired) electrons. The van der Waals surface area contributed by atoms with Gasteiger partial charge in [0.15, 0.2) is 0 Å². The largest absolute Gasteiger partial charge is 0.147 e. The third-order valence-electron chi connectivity index (χ3n) is 10.4. The quantitative estimate of drug-likeness (QED) is 0.168. The molecule has 0 saturated heterocycles. The number of benzene rings is 2. The van der Waals surface area contributed by atoms with E-state index in [9.17, 15) is 0 Å². The molecule has 0 N–H and O–H groups in total. The molecule has 2 aromatic carbocycles. The van der Waals surface area contributed by atoms with E-state index in [1.54, 1.807) is 22.3 Å². The molecule has 2 heterocycles. The van der Waals surface area contributed by atoms with Crippen molar-refractivity contribution in [2.45, 2.75) is 82.7 Å². The van der Waals surface area contributed by atoms with Crippen LogP contribution in [0.4, 0.5) is 0 Å². The van der Waals surface area contributed by atoms with Crippen LogP contribution in [0.3, 0.4) is 0 Å². The Labute approximate surface area is 291 Å². The van der Waals surface area contributed by atoms with E-state index in [-0.39, 0.29) is 24.8 Å². The van der Waals surface area contributed by atoms with E-state index >= 15 is 0 Å². The number of allylic oxidation sites excluding steroid dienone is 2. The molecule has 0 spiro atoms. The van der Waals surface area contributed by atoms with Gasteiger partial charge in [-0.15, -0.1) is 24.8 Å². The topological polar surface area (TPSA) is 25.8 Å². The van der Waals surface area contributed by atoms with Crippen LogP contribution in [0.5, 0.6) is 0 Å². The maximum Gasteiger partial charge on any atom is -0.147 e. The smallest absolute Gasteiger partial charge is 0.147 e. The minimum absolute atomic E-state index is 0. The van der Waals surface area contributed by atoms with Gasteiger partial charge in [-0.2, -0.15) is 0 Å². The summed E-state index contributed by atoms with van der Waals surface area (Å²) >= 11 is -3.76. The number of halogens is 2. The summed E-state index contributed by atoms with van der Waals surface area (Å²) in [6.45, 7) is 16.5. The molecule has 0 bridgehead atoms. The first-order valence-corrected chi connectivity index (χ1v) is 30.3. The molecule has 242 valence electrons. The number of aromatic nitrogens is 2. The summed E-state index contributed by atoms with van der Waals surface area (Å²) < 4.78 is 6.53. The molecule has 2 nitrogen and oxygen atoms in total. The molecular formula is C40H50Cl2N2SiZr. The molecule has 2 unspecified atom stereocenters. The van der Waals surface area contributed by atoms with E-state index < -0.39 is 17.4 Å². The summed E-state index contributed by atoms with van der Waals surface area (Å²) in [6, 6.07) is 22.7. The minimum Gasteiger partial charge on any atom is -0.147 e. The van der Waals surface area contributed by atoms with Crippen molar-refractivity contribution in [3.63, 3.8) is 0 Å². The van der Waals surface area contributed by atoms with Gasteiger partial charge in [-0.1, -0.05) is 0 Å². The third-order valence-corrected chi connectivity index (χ3v) is 27.9. The molecule has 6 rings (SSSR count). The summed E-state index contributed by atoms with van der Waals surface area (Å²) in [5.41, 5.74) is 16.8. The maximum atomic E-state index is 4.85. The van der Waals surface area contributed by atoms with Gasteiger partial charge in [0, 0.05) is 0 Å². The van der Waals surface area contributed by atoms with E-state index in [0.29, 0.717) is 19.1 Å². The Kier molecular flexibility index (Phi) is 11.0. The first-order chi connectivity index (χ1) is 20.9. The third kappa shape index (κ3) is 6.25. The fourth-order valence-electron chi connectivity index (χ4n) is 8.29. The number of hydrogen-bond donors (Lipinski definition) is 0. The van der Waals surface area contributed by atoms with Crippen LogP contribution in [0.15, 0.2) is 84.2 Å². The van der Waals surface area contributed by atoms with Gasteiger partial charge in [-0.3, -0.25) is 0 Å². The molecule has 2 aromatic heterocycles. The SMILES string of the molecule is CCC1=Cc2c(-c3ccccn3)cc(C(C)C)cc2[CH]1[Zr]([CH3])([CH3])(=[SiH2])[CH]1C(CC)=Cc2c(-c3ccccn3)cc(C(C)C)cc21.Cl.Cl. The van der Waals surface area contributed by atoms with E-state index in [1.165, 1.54) is 33.4 Å². The normalized spacial score (nSPS) is 17.2. The van der Waals surface area contributed by atoms with Crippen molar-refractivity contribution in [1.29, 1.82) is 0 Å². The second-order valence-corrected chi connectivity index (χ2v) is 45.3.